The van der Waals surface area contributed by atoms with Crippen LogP contribution in [0, 0.1) is 0 Å². The Hall–Kier alpha value is -2.39. The number of furan rings is 1. The van der Waals surface area contributed by atoms with E-state index in [-0.39, 0.29) is 17.3 Å². The van der Waals surface area contributed by atoms with Gasteiger partial charge in [0.25, 0.3) is 0 Å². The molecule has 1 N–H and O–H groups in total. The molecular weight excluding hydrogens is 444 g/mol. The molecule has 6 nitrogen and oxygen atoms in total. The van der Waals surface area contributed by atoms with Crippen molar-refractivity contribution < 1.29 is 17.6 Å². The molecule has 0 fully saturated rings. The number of thiophene rings is 1. The summed E-state index contributed by atoms with van der Waals surface area (Å²) in [4.78, 5) is 15.3. The van der Waals surface area contributed by atoms with Crippen LogP contribution in [-0.2, 0) is 27.9 Å². The molecule has 0 saturated carbocycles. The second kappa shape index (κ2) is 10.1. The number of hydrogen-bond acceptors (Lipinski definition) is 5. The first kappa shape index (κ1) is 22.3. The topological polar surface area (TPSA) is 79.6 Å². The van der Waals surface area contributed by atoms with Crippen molar-refractivity contribution in [2.75, 3.05) is 6.54 Å². The molecule has 3 aromatic rings. The third-order valence-electron chi connectivity index (χ3n) is 4.29. The molecule has 1 amide bonds. The first-order chi connectivity index (χ1) is 14.4. The summed E-state index contributed by atoms with van der Waals surface area (Å²) in [6.07, 6.45) is 4.64. The van der Waals surface area contributed by atoms with E-state index in [2.05, 4.69) is 4.72 Å². The van der Waals surface area contributed by atoms with Crippen molar-refractivity contribution in [3.05, 3.63) is 81.4 Å². The van der Waals surface area contributed by atoms with E-state index in [1.165, 1.54) is 35.8 Å². The van der Waals surface area contributed by atoms with Gasteiger partial charge in [0, 0.05) is 17.5 Å². The second-order valence-corrected chi connectivity index (χ2v) is 9.93. The molecule has 2 aromatic heterocycles. The Kier molecular flexibility index (Phi) is 7.49. The van der Waals surface area contributed by atoms with Gasteiger partial charge in [-0.1, -0.05) is 23.7 Å². The number of benzene rings is 1. The van der Waals surface area contributed by atoms with E-state index in [1.807, 2.05) is 19.1 Å². The summed E-state index contributed by atoms with van der Waals surface area (Å²) in [6.45, 7) is 3.05. The fourth-order valence-electron chi connectivity index (χ4n) is 2.66. The zero-order valence-electron chi connectivity index (χ0n) is 16.2. The summed E-state index contributed by atoms with van der Waals surface area (Å²) in [6, 6.07) is 13.4. The third-order valence-corrected chi connectivity index (χ3v) is 6.93. The molecule has 158 valence electrons. The molecule has 0 spiro atoms. The van der Waals surface area contributed by atoms with Crippen LogP contribution in [-0.4, -0.2) is 25.8 Å². The molecule has 2 heterocycles. The maximum absolute atomic E-state index is 12.5. The van der Waals surface area contributed by atoms with Crippen LogP contribution >= 0.6 is 22.9 Å². The molecule has 0 radical (unpaired) electrons. The minimum Gasteiger partial charge on any atom is -0.468 e. The Bertz CT molecular complexity index is 1100. The first-order valence-corrected chi connectivity index (χ1v) is 11.9. The van der Waals surface area contributed by atoms with Gasteiger partial charge in [-0.2, -0.15) is 0 Å². The molecule has 0 atom stereocenters. The van der Waals surface area contributed by atoms with Crippen molar-refractivity contribution >= 4 is 44.9 Å². The normalized spacial score (nSPS) is 11.8. The van der Waals surface area contributed by atoms with E-state index < -0.39 is 10.0 Å². The zero-order chi connectivity index (χ0) is 21.6. The fraction of sp³-hybridized carbons (Fsp3) is 0.190. The molecule has 0 aliphatic carbocycles. The first-order valence-electron chi connectivity index (χ1n) is 9.20. The van der Waals surface area contributed by atoms with E-state index in [0.29, 0.717) is 23.2 Å². The van der Waals surface area contributed by atoms with Crippen molar-refractivity contribution in [2.24, 2.45) is 0 Å². The van der Waals surface area contributed by atoms with E-state index >= 15 is 0 Å². The monoisotopic (exact) mass is 464 g/mol. The molecule has 0 aliphatic rings. The van der Waals surface area contributed by atoms with Gasteiger partial charge in [-0.25, -0.2) is 13.1 Å². The number of nitrogens with zero attached hydrogens (tertiary/aromatic N) is 1. The fourth-order valence-corrected chi connectivity index (χ4v) is 4.76. The van der Waals surface area contributed by atoms with Crippen molar-refractivity contribution in [3.63, 3.8) is 0 Å². The highest BCUT2D eigenvalue weighted by molar-refractivity contribution is 7.89. The van der Waals surface area contributed by atoms with Crippen LogP contribution in [0.25, 0.3) is 6.08 Å². The smallest absolute Gasteiger partial charge is 0.246 e. The molecule has 0 bridgehead atoms. The van der Waals surface area contributed by atoms with Gasteiger partial charge in [0.2, 0.25) is 15.9 Å². The van der Waals surface area contributed by atoms with Gasteiger partial charge in [-0.15, -0.1) is 11.3 Å². The van der Waals surface area contributed by atoms with Gasteiger partial charge in [-0.3, -0.25) is 4.79 Å². The molecule has 0 unspecified atom stereocenters. The van der Waals surface area contributed by atoms with Gasteiger partial charge < -0.3 is 9.32 Å². The molecule has 30 heavy (non-hydrogen) atoms. The van der Waals surface area contributed by atoms with Crippen molar-refractivity contribution in [1.29, 1.82) is 0 Å². The lowest BCUT2D eigenvalue weighted by atomic mass is 10.2. The highest BCUT2D eigenvalue weighted by atomic mass is 35.5. The number of likely N-dealkylation sites (N-methyl/N-ethyl adjacent to an activating group) is 1. The van der Waals surface area contributed by atoms with E-state index in [4.69, 9.17) is 16.0 Å². The summed E-state index contributed by atoms with van der Waals surface area (Å²) in [5.74, 6) is 0.403. The van der Waals surface area contributed by atoms with Crippen LogP contribution in [0.3, 0.4) is 0 Å². The summed E-state index contributed by atoms with van der Waals surface area (Å²) in [7, 11) is -3.65. The zero-order valence-corrected chi connectivity index (χ0v) is 18.6. The molecule has 3 rings (SSSR count). The summed E-state index contributed by atoms with van der Waals surface area (Å²) in [5, 5.41) is 0. The van der Waals surface area contributed by atoms with Crippen molar-refractivity contribution in [2.45, 2.75) is 24.9 Å². The number of carbonyl (C=O) groups is 1. The summed E-state index contributed by atoms with van der Waals surface area (Å²) in [5.41, 5.74) is 0.726. The Balaban J connectivity index is 1.61. The van der Waals surface area contributed by atoms with E-state index in [9.17, 15) is 13.2 Å². The standard InChI is InChI=1S/C21H21ClN2O4S2/c1-2-24(15-18-8-11-20(22)29-18)21(25)12-7-16-5-9-19(10-6-16)30(26,27)23-14-17-4-3-13-28-17/h3-13,23H,2,14-15H2,1H3/b12-7+. The van der Waals surface area contributed by atoms with Gasteiger partial charge in [-0.05, 0) is 55.0 Å². The van der Waals surface area contributed by atoms with Crippen LogP contribution < -0.4 is 4.72 Å². The van der Waals surface area contributed by atoms with Gasteiger partial charge in [0.15, 0.2) is 0 Å². The number of carbonyl (C=O) groups excluding carboxylic acids is 1. The summed E-state index contributed by atoms with van der Waals surface area (Å²) < 4.78 is 33.0. The maximum Gasteiger partial charge on any atom is 0.246 e. The van der Waals surface area contributed by atoms with Gasteiger partial charge >= 0.3 is 0 Å². The summed E-state index contributed by atoms with van der Waals surface area (Å²) >= 11 is 7.40. The van der Waals surface area contributed by atoms with Crippen molar-refractivity contribution in [3.8, 4) is 0 Å². The highest BCUT2D eigenvalue weighted by Crippen LogP contribution is 2.23. The predicted octanol–water partition coefficient (Wildman–Crippen LogP) is 4.53. The average Bonchev–Trinajstić information content (AvgIpc) is 3.40. The Labute approximate surface area is 184 Å². The molecule has 1 aromatic carbocycles. The lowest BCUT2D eigenvalue weighted by Crippen LogP contribution is -2.28. The van der Waals surface area contributed by atoms with Crippen LogP contribution in [0.4, 0.5) is 0 Å². The molecule has 0 saturated heterocycles. The Morgan fingerprint density at radius 2 is 1.97 bits per heavy atom. The Morgan fingerprint density at radius 1 is 1.20 bits per heavy atom. The van der Waals surface area contributed by atoms with Gasteiger partial charge in [0.1, 0.15) is 5.76 Å². The lowest BCUT2D eigenvalue weighted by Gasteiger charge is -2.18. The molecular formula is C21H21ClN2O4S2. The van der Waals surface area contributed by atoms with Crippen LogP contribution in [0.15, 0.2) is 70.2 Å². The predicted molar refractivity (Wildman–Crippen MR) is 119 cm³/mol. The number of nitrogens with one attached hydrogen (secondary N) is 1. The molecule has 0 aliphatic heterocycles. The maximum atomic E-state index is 12.5. The SMILES string of the molecule is CCN(Cc1ccc(Cl)s1)C(=O)/C=C/c1ccc(S(=O)(=O)NCc2ccco2)cc1. The van der Waals surface area contributed by atoms with E-state index in [1.54, 1.807) is 35.2 Å². The number of hydrogen-bond donors (Lipinski definition) is 1. The Morgan fingerprint density at radius 3 is 2.57 bits per heavy atom. The lowest BCUT2D eigenvalue weighted by molar-refractivity contribution is -0.126. The highest BCUT2D eigenvalue weighted by Gasteiger charge is 2.14. The molecule has 9 heteroatoms. The van der Waals surface area contributed by atoms with E-state index in [0.717, 1.165) is 10.4 Å². The van der Waals surface area contributed by atoms with Gasteiger partial charge in [0.05, 0.1) is 28.6 Å². The van der Waals surface area contributed by atoms with Crippen LogP contribution in [0.2, 0.25) is 4.34 Å². The number of sulfonamides is 1. The average molecular weight is 465 g/mol. The minimum atomic E-state index is -3.65. The number of halogens is 1. The second-order valence-electron chi connectivity index (χ2n) is 6.36. The quantitative estimate of drug-likeness (QED) is 0.471. The van der Waals surface area contributed by atoms with Crippen molar-refractivity contribution in [1.82, 2.24) is 9.62 Å². The third kappa shape index (κ3) is 6.06. The van der Waals surface area contributed by atoms with Crippen LogP contribution in [0.5, 0.6) is 0 Å². The minimum absolute atomic E-state index is 0.0772. The number of rotatable bonds is 9. The largest absolute Gasteiger partial charge is 0.468 e. The van der Waals surface area contributed by atoms with Crippen LogP contribution in [0.1, 0.15) is 23.1 Å². The number of amides is 1.